The summed E-state index contributed by atoms with van der Waals surface area (Å²) in [4.78, 5) is 20.9. The third-order valence-electron chi connectivity index (χ3n) is 2.82. The number of nitrogen functional groups attached to an aromatic ring is 1. The van der Waals surface area contributed by atoms with Crippen molar-refractivity contribution in [2.24, 2.45) is 0 Å². The fourth-order valence-electron chi connectivity index (χ4n) is 1.96. The summed E-state index contributed by atoms with van der Waals surface area (Å²) in [5.41, 5.74) is 9.77. The minimum Gasteiger partial charge on any atom is -0.398 e. The average Bonchev–Trinajstić information content (AvgIpc) is 2.49. The van der Waals surface area contributed by atoms with Crippen molar-refractivity contribution in [2.75, 3.05) is 5.73 Å². The Morgan fingerprint density at radius 1 is 0.900 bits per heavy atom. The molecular formula is C16H12N2O2. The minimum absolute atomic E-state index is 0.250. The minimum atomic E-state index is 0.250. The molecule has 0 aliphatic rings. The number of rotatable bonds is 1. The van der Waals surface area contributed by atoms with E-state index in [1.54, 1.807) is 0 Å². The Balaban J connectivity index is 0.000000452. The van der Waals surface area contributed by atoms with Gasteiger partial charge in [-0.1, -0.05) is 48.5 Å². The van der Waals surface area contributed by atoms with E-state index in [2.05, 4.69) is 4.98 Å². The number of benzene rings is 2. The lowest BCUT2D eigenvalue weighted by molar-refractivity contribution is -0.191. The van der Waals surface area contributed by atoms with E-state index in [0.29, 0.717) is 0 Å². The molecule has 0 saturated heterocycles. The standard InChI is InChI=1S/C15H12N2.CO2/c16-13-10-15(11-6-2-1-3-7-11)17-14-9-5-4-8-12(13)14;2-1-3/h1-10H,(H2,16,17);. The predicted octanol–water partition coefficient (Wildman–Crippen LogP) is 2.90. The number of hydrogen-bond acceptors (Lipinski definition) is 4. The van der Waals surface area contributed by atoms with Gasteiger partial charge in [-0.05, 0) is 12.1 Å². The van der Waals surface area contributed by atoms with Crippen molar-refractivity contribution < 1.29 is 9.59 Å². The van der Waals surface area contributed by atoms with E-state index < -0.39 is 0 Å². The van der Waals surface area contributed by atoms with E-state index in [0.717, 1.165) is 27.8 Å². The summed E-state index contributed by atoms with van der Waals surface area (Å²) in [6, 6.07) is 19.9. The SMILES string of the molecule is Nc1cc(-c2ccccc2)nc2ccccc12.O=C=O. The molecule has 0 amide bonds. The zero-order valence-electron chi connectivity index (χ0n) is 10.6. The molecule has 2 N–H and O–H groups in total. The first-order valence-corrected chi connectivity index (χ1v) is 5.96. The molecule has 20 heavy (non-hydrogen) atoms. The van der Waals surface area contributed by atoms with Crippen LogP contribution in [0.15, 0.2) is 60.7 Å². The zero-order valence-corrected chi connectivity index (χ0v) is 10.6. The molecule has 0 atom stereocenters. The lowest BCUT2D eigenvalue weighted by Crippen LogP contribution is -1.92. The highest BCUT2D eigenvalue weighted by Gasteiger charge is 2.04. The first-order valence-electron chi connectivity index (χ1n) is 5.96. The fourth-order valence-corrected chi connectivity index (χ4v) is 1.96. The van der Waals surface area contributed by atoms with Gasteiger partial charge in [0.2, 0.25) is 0 Å². The second-order valence-corrected chi connectivity index (χ2v) is 4.06. The molecule has 0 aliphatic carbocycles. The van der Waals surface area contributed by atoms with E-state index in [1.807, 2.05) is 60.7 Å². The molecule has 0 unspecified atom stereocenters. The molecule has 4 nitrogen and oxygen atoms in total. The van der Waals surface area contributed by atoms with E-state index >= 15 is 0 Å². The molecule has 4 heteroatoms. The van der Waals surface area contributed by atoms with E-state index in [9.17, 15) is 0 Å². The molecule has 0 aliphatic heterocycles. The van der Waals surface area contributed by atoms with Gasteiger partial charge in [0.1, 0.15) is 0 Å². The van der Waals surface area contributed by atoms with Gasteiger partial charge in [-0.2, -0.15) is 9.59 Å². The average molecular weight is 264 g/mol. The third kappa shape index (κ3) is 2.88. The third-order valence-corrected chi connectivity index (χ3v) is 2.82. The van der Waals surface area contributed by atoms with Crippen LogP contribution in [0.25, 0.3) is 22.2 Å². The van der Waals surface area contributed by atoms with Crippen molar-refractivity contribution in [1.29, 1.82) is 0 Å². The molecule has 0 radical (unpaired) electrons. The summed E-state index contributed by atoms with van der Waals surface area (Å²) < 4.78 is 0. The van der Waals surface area contributed by atoms with Gasteiger partial charge in [0, 0.05) is 16.6 Å². The first-order chi connectivity index (χ1) is 9.76. The number of para-hydroxylation sites is 1. The van der Waals surface area contributed by atoms with Crippen molar-refractivity contribution in [3.8, 4) is 11.3 Å². The lowest BCUT2D eigenvalue weighted by atomic mass is 10.1. The smallest absolute Gasteiger partial charge is 0.373 e. The molecule has 98 valence electrons. The lowest BCUT2D eigenvalue weighted by Gasteiger charge is -2.06. The van der Waals surface area contributed by atoms with E-state index in [1.165, 1.54) is 0 Å². The van der Waals surface area contributed by atoms with Crippen LogP contribution in [-0.2, 0) is 9.59 Å². The van der Waals surface area contributed by atoms with E-state index in [-0.39, 0.29) is 6.15 Å². The quantitative estimate of drug-likeness (QED) is 0.733. The summed E-state index contributed by atoms with van der Waals surface area (Å²) in [5.74, 6) is 0. The van der Waals surface area contributed by atoms with Crippen LogP contribution in [0.5, 0.6) is 0 Å². The molecule has 1 aromatic heterocycles. The maximum Gasteiger partial charge on any atom is 0.373 e. The predicted molar refractivity (Wildman–Crippen MR) is 76.6 cm³/mol. The maximum absolute atomic E-state index is 8.12. The Kier molecular flexibility index (Phi) is 4.22. The Morgan fingerprint density at radius 3 is 2.20 bits per heavy atom. The molecule has 3 aromatic rings. The summed E-state index contributed by atoms with van der Waals surface area (Å²) in [5, 5.41) is 1.01. The summed E-state index contributed by atoms with van der Waals surface area (Å²) in [7, 11) is 0. The molecule has 3 rings (SSSR count). The molecule has 2 aromatic carbocycles. The van der Waals surface area contributed by atoms with Crippen molar-refractivity contribution in [2.45, 2.75) is 0 Å². The largest absolute Gasteiger partial charge is 0.398 e. The maximum atomic E-state index is 8.12. The van der Waals surface area contributed by atoms with Crippen LogP contribution >= 0.6 is 0 Å². The highest BCUT2D eigenvalue weighted by molar-refractivity contribution is 5.92. The normalized spacial score (nSPS) is 9.40. The Labute approximate surface area is 115 Å². The highest BCUT2D eigenvalue weighted by Crippen LogP contribution is 2.25. The molecule has 0 spiro atoms. The van der Waals surface area contributed by atoms with Gasteiger partial charge in [0.25, 0.3) is 0 Å². The second kappa shape index (κ2) is 6.27. The number of nitrogens with zero attached hydrogens (tertiary/aromatic N) is 1. The monoisotopic (exact) mass is 264 g/mol. The Bertz CT molecular complexity index is 749. The summed E-state index contributed by atoms with van der Waals surface area (Å²) in [6.45, 7) is 0. The van der Waals surface area contributed by atoms with Crippen LogP contribution in [0.2, 0.25) is 0 Å². The molecular weight excluding hydrogens is 252 g/mol. The number of nitrogens with two attached hydrogens (primary N) is 1. The Hall–Kier alpha value is -2.97. The fraction of sp³-hybridized carbons (Fsp3) is 0. The van der Waals surface area contributed by atoms with Crippen LogP contribution < -0.4 is 5.73 Å². The number of carbonyl (C=O) groups excluding carboxylic acids is 2. The van der Waals surface area contributed by atoms with Crippen molar-refractivity contribution in [3.05, 3.63) is 60.7 Å². The Morgan fingerprint density at radius 2 is 1.50 bits per heavy atom. The highest BCUT2D eigenvalue weighted by atomic mass is 16.2. The second-order valence-electron chi connectivity index (χ2n) is 4.06. The number of fused-ring (bicyclic) bond motifs is 1. The molecule has 0 saturated carbocycles. The number of aromatic nitrogens is 1. The van der Waals surface area contributed by atoms with Crippen molar-refractivity contribution in [1.82, 2.24) is 4.98 Å². The molecule has 0 bridgehead atoms. The van der Waals surface area contributed by atoms with Gasteiger partial charge < -0.3 is 5.73 Å². The van der Waals surface area contributed by atoms with Crippen molar-refractivity contribution in [3.63, 3.8) is 0 Å². The van der Waals surface area contributed by atoms with Gasteiger partial charge in [0.15, 0.2) is 0 Å². The van der Waals surface area contributed by atoms with Crippen LogP contribution in [0.3, 0.4) is 0 Å². The van der Waals surface area contributed by atoms with Gasteiger partial charge in [-0.3, -0.25) is 0 Å². The number of pyridine rings is 1. The zero-order chi connectivity index (χ0) is 14.4. The van der Waals surface area contributed by atoms with Gasteiger partial charge >= 0.3 is 6.15 Å². The number of anilines is 1. The van der Waals surface area contributed by atoms with Gasteiger partial charge in [-0.25, -0.2) is 4.98 Å². The van der Waals surface area contributed by atoms with E-state index in [4.69, 9.17) is 15.3 Å². The van der Waals surface area contributed by atoms with Gasteiger partial charge in [-0.15, -0.1) is 0 Å². The topological polar surface area (TPSA) is 73.0 Å². The molecule has 0 fully saturated rings. The van der Waals surface area contributed by atoms with Crippen LogP contribution in [0.1, 0.15) is 0 Å². The van der Waals surface area contributed by atoms with Crippen LogP contribution in [-0.4, -0.2) is 11.1 Å². The van der Waals surface area contributed by atoms with Gasteiger partial charge in [0.05, 0.1) is 11.2 Å². The molecule has 1 heterocycles. The number of hydrogen-bond donors (Lipinski definition) is 1. The van der Waals surface area contributed by atoms with Crippen LogP contribution in [0.4, 0.5) is 5.69 Å². The van der Waals surface area contributed by atoms with Crippen LogP contribution in [0, 0.1) is 0 Å². The van der Waals surface area contributed by atoms with Crippen molar-refractivity contribution >= 4 is 22.7 Å². The summed E-state index contributed by atoms with van der Waals surface area (Å²) in [6.07, 6.45) is 0.250. The summed E-state index contributed by atoms with van der Waals surface area (Å²) >= 11 is 0. The first kappa shape index (κ1) is 13.5.